The molecule has 2 aromatic carbocycles. The maximum absolute atomic E-state index is 12.4. The van der Waals surface area contributed by atoms with Gasteiger partial charge < -0.3 is 29.0 Å². The van der Waals surface area contributed by atoms with Gasteiger partial charge in [-0.2, -0.15) is 0 Å². The minimum Gasteiger partial charge on any atom is -0.492 e. The largest absolute Gasteiger partial charge is 0.573 e. The topological polar surface area (TPSA) is 92.3 Å². The number of halogens is 3. The maximum Gasteiger partial charge on any atom is 0.573 e. The maximum atomic E-state index is 12.4. The lowest BCUT2D eigenvalue weighted by atomic mass is 10.1. The summed E-state index contributed by atoms with van der Waals surface area (Å²) < 4.78 is 62.3. The predicted molar refractivity (Wildman–Crippen MR) is 124 cm³/mol. The van der Waals surface area contributed by atoms with E-state index >= 15 is 0 Å². The molecule has 1 atom stereocenters. The van der Waals surface area contributed by atoms with Gasteiger partial charge in [-0.05, 0) is 69.7 Å². The summed E-state index contributed by atoms with van der Waals surface area (Å²) in [5.74, 6) is -0.278. The summed E-state index contributed by atoms with van der Waals surface area (Å²) in [4.78, 5) is 24.0. The second-order valence-electron chi connectivity index (χ2n) is 8.50. The lowest BCUT2D eigenvalue weighted by Gasteiger charge is -2.19. The zero-order chi connectivity index (χ0) is 26.8. The Morgan fingerprint density at radius 3 is 2.06 bits per heavy atom. The van der Waals surface area contributed by atoms with Crippen LogP contribution in [0.3, 0.4) is 0 Å². The molecule has 0 aliphatic carbocycles. The van der Waals surface area contributed by atoms with Gasteiger partial charge >= 0.3 is 18.4 Å². The summed E-state index contributed by atoms with van der Waals surface area (Å²) in [6.07, 6.45) is -6.21. The third kappa shape index (κ3) is 11.2. The lowest BCUT2D eigenvalue weighted by Crippen LogP contribution is -2.34. The first-order valence-corrected chi connectivity index (χ1v) is 11.2. The van der Waals surface area contributed by atoms with Crippen LogP contribution in [0.25, 0.3) is 0 Å². The lowest BCUT2D eigenvalue weighted by molar-refractivity contribution is -0.274. The van der Waals surface area contributed by atoms with Crippen LogP contribution in [0.5, 0.6) is 17.2 Å². The van der Waals surface area contributed by atoms with Gasteiger partial charge in [-0.1, -0.05) is 12.1 Å². The molecule has 0 spiro atoms. The molecule has 0 aliphatic heterocycles. The minimum absolute atomic E-state index is 0.140. The van der Waals surface area contributed by atoms with Crippen LogP contribution in [0, 0.1) is 0 Å². The molecule has 1 amide bonds. The summed E-state index contributed by atoms with van der Waals surface area (Å²) in [5.41, 5.74) is 0.154. The Bertz CT molecular complexity index is 971. The van der Waals surface area contributed by atoms with Crippen molar-refractivity contribution in [2.45, 2.75) is 52.2 Å². The van der Waals surface area contributed by atoms with E-state index in [4.69, 9.17) is 18.9 Å². The van der Waals surface area contributed by atoms with Crippen LogP contribution in [0.1, 0.15) is 33.3 Å². The van der Waals surface area contributed by atoms with Crippen molar-refractivity contribution in [1.82, 2.24) is 5.32 Å². The molecule has 0 saturated heterocycles. The summed E-state index contributed by atoms with van der Waals surface area (Å²) in [6, 6.07) is 11.6. The zero-order valence-electron chi connectivity index (χ0n) is 20.5. The Morgan fingerprint density at radius 1 is 0.917 bits per heavy atom. The number of esters is 1. The van der Waals surface area contributed by atoms with E-state index in [1.807, 2.05) is 0 Å². The highest BCUT2D eigenvalue weighted by molar-refractivity contribution is 5.75. The molecule has 0 radical (unpaired) electrons. The summed E-state index contributed by atoms with van der Waals surface area (Å²) in [6.45, 7) is 7.58. The van der Waals surface area contributed by atoms with Crippen LogP contribution in [-0.4, -0.2) is 49.9 Å². The second kappa shape index (κ2) is 12.9. The molecule has 1 N–H and O–H groups in total. The number of benzene rings is 2. The number of carbonyl (C=O) groups excluding carboxylic acids is 2. The fraction of sp³-hybridized carbons (Fsp3) is 0.440. The standard InChI is InChI=1S/C25H30F3NO7/c1-5-32-22(30)21(34-19-10-12-20(13-11-19)35-25(26,27)28)16-17-6-8-18(9-7-17)33-15-14-29-23(31)36-24(2,3)4/h6-13,21H,5,14-16H2,1-4H3,(H,29,31). The van der Waals surface area contributed by atoms with Crippen molar-refractivity contribution in [3.63, 3.8) is 0 Å². The highest BCUT2D eigenvalue weighted by Gasteiger charge is 2.31. The fourth-order valence-electron chi connectivity index (χ4n) is 2.86. The monoisotopic (exact) mass is 513 g/mol. The average molecular weight is 514 g/mol. The van der Waals surface area contributed by atoms with Gasteiger partial charge in [-0.15, -0.1) is 13.2 Å². The molecular weight excluding hydrogens is 483 g/mol. The highest BCUT2D eigenvalue weighted by atomic mass is 19.4. The Morgan fingerprint density at radius 2 is 1.50 bits per heavy atom. The Labute approximate surface area is 207 Å². The number of rotatable bonds is 11. The molecule has 36 heavy (non-hydrogen) atoms. The van der Waals surface area contributed by atoms with Gasteiger partial charge in [0.1, 0.15) is 29.5 Å². The van der Waals surface area contributed by atoms with Crippen LogP contribution in [0.2, 0.25) is 0 Å². The van der Waals surface area contributed by atoms with Crippen LogP contribution < -0.4 is 19.5 Å². The summed E-state index contributed by atoms with van der Waals surface area (Å²) >= 11 is 0. The molecule has 198 valence electrons. The van der Waals surface area contributed by atoms with E-state index in [0.717, 1.165) is 17.7 Å². The van der Waals surface area contributed by atoms with Gasteiger partial charge in [-0.25, -0.2) is 9.59 Å². The molecule has 0 fully saturated rings. The zero-order valence-corrected chi connectivity index (χ0v) is 20.5. The first kappa shape index (κ1) is 28.6. The van der Waals surface area contributed by atoms with Crippen molar-refractivity contribution in [1.29, 1.82) is 0 Å². The molecule has 0 aliphatic rings. The van der Waals surface area contributed by atoms with Crippen molar-refractivity contribution in [3.8, 4) is 17.2 Å². The number of nitrogens with one attached hydrogen (secondary N) is 1. The molecule has 2 aromatic rings. The molecular formula is C25H30F3NO7. The SMILES string of the molecule is CCOC(=O)C(Cc1ccc(OCCNC(=O)OC(C)(C)C)cc1)Oc1ccc(OC(F)(F)F)cc1. The Hall–Kier alpha value is -3.63. The van der Waals surface area contributed by atoms with E-state index in [1.165, 1.54) is 12.1 Å². The molecule has 0 aromatic heterocycles. The number of amides is 1. The van der Waals surface area contributed by atoms with E-state index in [9.17, 15) is 22.8 Å². The smallest absolute Gasteiger partial charge is 0.492 e. The van der Waals surface area contributed by atoms with Crippen molar-refractivity contribution in [3.05, 3.63) is 54.1 Å². The van der Waals surface area contributed by atoms with E-state index in [2.05, 4.69) is 10.1 Å². The highest BCUT2D eigenvalue weighted by Crippen LogP contribution is 2.26. The molecule has 0 saturated carbocycles. The van der Waals surface area contributed by atoms with Gasteiger partial charge in [0, 0.05) is 6.42 Å². The van der Waals surface area contributed by atoms with E-state index < -0.39 is 35.9 Å². The van der Waals surface area contributed by atoms with Gasteiger partial charge in [0.2, 0.25) is 0 Å². The predicted octanol–water partition coefficient (Wildman–Crippen LogP) is 5.04. The summed E-state index contributed by atoms with van der Waals surface area (Å²) in [5, 5.41) is 2.59. The second-order valence-corrected chi connectivity index (χ2v) is 8.50. The molecule has 11 heteroatoms. The van der Waals surface area contributed by atoms with Gasteiger partial charge in [0.15, 0.2) is 6.10 Å². The van der Waals surface area contributed by atoms with E-state index in [-0.39, 0.29) is 31.9 Å². The Balaban J connectivity index is 1.92. The fourth-order valence-corrected chi connectivity index (χ4v) is 2.86. The van der Waals surface area contributed by atoms with Gasteiger partial charge in [0.05, 0.1) is 13.2 Å². The van der Waals surface area contributed by atoms with Gasteiger partial charge in [-0.3, -0.25) is 0 Å². The molecule has 1 unspecified atom stereocenters. The average Bonchev–Trinajstić information content (AvgIpc) is 2.76. The number of alkyl halides is 3. The van der Waals surface area contributed by atoms with Crippen LogP contribution in [-0.2, 0) is 20.7 Å². The van der Waals surface area contributed by atoms with Gasteiger partial charge in [0.25, 0.3) is 0 Å². The minimum atomic E-state index is -4.81. The third-order valence-electron chi connectivity index (χ3n) is 4.27. The number of hydrogen-bond donors (Lipinski definition) is 1. The third-order valence-corrected chi connectivity index (χ3v) is 4.27. The number of hydrogen-bond acceptors (Lipinski definition) is 7. The molecule has 0 bridgehead atoms. The first-order valence-electron chi connectivity index (χ1n) is 11.2. The van der Waals surface area contributed by atoms with E-state index in [1.54, 1.807) is 52.0 Å². The van der Waals surface area contributed by atoms with E-state index in [0.29, 0.717) is 5.75 Å². The number of alkyl carbamates (subject to hydrolysis) is 1. The number of carbonyl (C=O) groups is 2. The molecule has 2 rings (SSSR count). The van der Waals surface area contributed by atoms with Crippen molar-refractivity contribution >= 4 is 12.1 Å². The quantitative estimate of drug-likeness (QED) is 0.332. The van der Waals surface area contributed by atoms with Crippen molar-refractivity contribution in [2.24, 2.45) is 0 Å². The normalized spacial score (nSPS) is 12.3. The van der Waals surface area contributed by atoms with Crippen molar-refractivity contribution < 1.29 is 46.4 Å². The first-order chi connectivity index (χ1) is 16.8. The molecule has 0 heterocycles. The van der Waals surface area contributed by atoms with Crippen LogP contribution >= 0.6 is 0 Å². The Kier molecular flexibility index (Phi) is 10.2. The molecule has 8 nitrogen and oxygen atoms in total. The number of ether oxygens (including phenoxy) is 5. The van der Waals surface area contributed by atoms with Crippen LogP contribution in [0.4, 0.5) is 18.0 Å². The summed E-state index contributed by atoms with van der Waals surface area (Å²) in [7, 11) is 0. The van der Waals surface area contributed by atoms with Crippen molar-refractivity contribution in [2.75, 3.05) is 19.8 Å². The van der Waals surface area contributed by atoms with Crippen LogP contribution in [0.15, 0.2) is 48.5 Å².